The van der Waals surface area contributed by atoms with Crippen LogP contribution >= 0.6 is 0 Å². The van der Waals surface area contributed by atoms with Crippen molar-refractivity contribution in [2.24, 2.45) is 0 Å². The number of ether oxygens (including phenoxy) is 2. The van der Waals surface area contributed by atoms with Crippen LogP contribution in [-0.4, -0.2) is 115 Å². The molecule has 140 valence electrons. The number of carbonyl (C=O) groups excluding carboxylic acids is 1. The first-order chi connectivity index (χ1) is 11.1. The van der Waals surface area contributed by atoms with Crippen molar-refractivity contribution >= 4 is 12.3 Å². The number of carboxylic acid groups (broad SMARTS) is 1. The van der Waals surface area contributed by atoms with Crippen LogP contribution in [0.2, 0.25) is 0 Å². The number of carbonyl (C=O) groups is 2. The zero-order valence-electron chi connectivity index (χ0n) is 12.2. The normalized spacial score (nSPS) is 35.7. The summed E-state index contributed by atoms with van der Waals surface area (Å²) < 4.78 is 9.88. The number of aliphatic hydroxyl groups excluding tert-OH is 7. The van der Waals surface area contributed by atoms with Gasteiger partial charge in [0.25, 0.3) is 0 Å². The summed E-state index contributed by atoms with van der Waals surface area (Å²) in [6, 6.07) is 0. The predicted octanol–water partition coefficient (Wildman–Crippen LogP) is -5.46. The van der Waals surface area contributed by atoms with Gasteiger partial charge in [-0.1, -0.05) is 0 Å². The third-order valence-electron chi connectivity index (χ3n) is 3.53. The Bertz CT molecular complexity index is 428. The molecule has 1 aliphatic rings. The number of hydrogen-bond donors (Lipinski definition) is 8. The zero-order chi connectivity index (χ0) is 18.6. The van der Waals surface area contributed by atoms with Crippen LogP contribution in [0.3, 0.4) is 0 Å². The summed E-state index contributed by atoms with van der Waals surface area (Å²) >= 11 is 0. The molecule has 1 saturated heterocycles. The molecule has 0 unspecified atom stereocenters. The fourth-order valence-electron chi connectivity index (χ4n) is 2.10. The molecule has 0 saturated carbocycles. The number of hydrogen-bond acceptors (Lipinski definition) is 11. The Hall–Kier alpha value is -1.22. The molecule has 1 heterocycles. The molecule has 24 heavy (non-hydrogen) atoms. The Morgan fingerprint density at radius 1 is 1.12 bits per heavy atom. The fraction of sp³-hybridized carbons (Fsp3) is 0.833. The topological polar surface area (TPSA) is 214 Å². The minimum absolute atomic E-state index is 0.119. The Morgan fingerprint density at radius 3 is 2.17 bits per heavy atom. The van der Waals surface area contributed by atoms with Gasteiger partial charge >= 0.3 is 5.97 Å². The third-order valence-corrected chi connectivity index (χ3v) is 3.53. The standard InChI is InChI=1S/C12H20O12/c13-1-3(15)10(7(18)8(19)11(21)22)24-12-9(20)6(17)5(16)4(2-14)23-12/h1,3-10,12,14-20H,2H2,(H,21,22)/t3-,4+,5+,6-,7+,8-,9+,10+,12-/m0/s1. The second kappa shape index (κ2) is 8.75. The van der Waals surface area contributed by atoms with Crippen molar-refractivity contribution in [1.82, 2.24) is 0 Å². The maximum atomic E-state index is 10.7. The highest BCUT2D eigenvalue weighted by molar-refractivity contribution is 5.73. The van der Waals surface area contributed by atoms with Crippen molar-refractivity contribution in [3.05, 3.63) is 0 Å². The quantitative estimate of drug-likeness (QED) is 0.191. The molecule has 12 heteroatoms. The van der Waals surface area contributed by atoms with Gasteiger partial charge in [0.1, 0.15) is 42.7 Å². The van der Waals surface area contributed by atoms with E-state index in [-0.39, 0.29) is 6.29 Å². The summed E-state index contributed by atoms with van der Waals surface area (Å²) in [5, 5.41) is 75.2. The van der Waals surface area contributed by atoms with Crippen molar-refractivity contribution < 1.29 is 59.9 Å². The monoisotopic (exact) mass is 356 g/mol. The zero-order valence-corrected chi connectivity index (χ0v) is 12.2. The third kappa shape index (κ3) is 4.44. The lowest BCUT2D eigenvalue weighted by Crippen LogP contribution is -2.61. The van der Waals surface area contributed by atoms with Crippen molar-refractivity contribution in [3.63, 3.8) is 0 Å². The van der Waals surface area contributed by atoms with Gasteiger partial charge in [0, 0.05) is 0 Å². The Labute approximate surface area is 135 Å². The van der Waals surface area contributed by atoms with E-state index in [0.717, 1.165) is 0 Å². The van der Waals surface area contributed by atoms with E-state index in [1.54, 1.807) is 0 Å². The van der Waals surface area contributed by atoms with Crippen molar-refractivity contribution in [3.8, 4) is 0 Å². The number of aldehydes is 1. The van der Waals surface area contributed by atoms with E-state index in [4.69, 9.17) is 19.7 Å². The van der Waals surface area contributed by atoms with Gasteiger partial charge in [-0.25, -0.2) is 4.79 Å². The van der Waals surface area contributed by atoms with E-state index in [2.05, 4.69) is 0 Å². The molecule has 9 atom stereocenters. The highest BCUT2D eigenvalue weighted by Crippen LogP contribution is 2.24. The van der Waals surface area contributed by atoms with E-state index >= 15 is 0 Å². The van der Waals surface area contributed by atoms with Gasteiger partial charge in [-0.05, 0) is 0 Å². The van der Waals surface area contributed by atoms with E-state index in [9.17, 15) is 40.2 Å². The van der Waals surface area contributed by atoms with Gasteiger partial charge in [-0.2, -0.15) is 0 Å². The number of aliphatic hydroxyl groups is 7. The molecular formula is C12H20O12. The van der Waals surface area contributed by atoms with Crippen LogP contribution in [0.4, 0.5) is 0 Å². The minimum Gasteiger partial charge on any atom is -0.479 e. The highest BCUT2D eigenvalue weighted by Gasteiger charge is 2.47. The molecule has 0 aliphatic carbocycles. The molecule has 0 radical (unpaired) electrons. The molecule has 0 aromatic heterocycles. The summed E-state index contributed by atoms with van der Waals surface area (Å²) in [7, 11) is 0. The fourth-order valence-corrected chi connectivity index (χ4v) is 2.10. The first-order valence-corrected chi connectivity index (χ1v) is 6.84. The van der Waals surface area contributed by atoms with Crippen LogP contribution in [0.25, 0.3) is 0 Å². The smallest absolute Gasteiger partial charge is 0.335 e. The average molecular weight is 356 g/mol. The molecule has 1 aliphatic heterocycles. The number of rotatable bonds is 8. The van der Waals surface area contributed by atoms with Crippen molar-refractivity contribution in [1.29, 1.82) is 0 Å². The first-order valence-electron chi connectivity index (χ1n) is 6.84. The lowest BCUT2D eigenvalue weighted by atomic mass is 9.98. The van der Waals surface area contributed by atoms with Crippen molar-refractivity contribution in [2.75, 3.05) is 6.61 Å². The highest BCUT2D eigenvalue weighted by atomic mass is 16.7. The van der Waals surface area contributed by atoms with Crippen LogP contribution < -0.4 is 0 Å². The van der Waals surface area contributed by atoms with Gasteiger partial charge in [0.15, 0.2) is 18.7 Å². The molecule has 0 bridgehead atoms. The van der Waals surface area contributed by atoms with E-state index < -0.39 is 67.7 Å². The van der Waals surface area contributed by atoms with Gasteiger partial charge in [0.2, 0.25) is 0 Å². The molecule has 1 rings (SSSR count). The summed E-state index contributed by atoms with van der Waals surface area (Å²) in [5.41, 5.74) is 0. The van der Waals surface area contributed by atoms with Gasteiger partial charge in [-0.15, -0.1) is 0 Å². The Kier molecular flexibility index (Phi) is 7.59. The van der Waals surface area contributed by atoms with Crippen LogP contribution in [0, 0.1) is 0 Å². The van der Waals surface area contributed by atoms with Gasteiger partial charge in [0.05, 0.1) is 6.61 Å². The second-order valence-electron chi connectivity index (χ2n) is 5.20. The average Bonchev–Trinajstić information content (AvgIpc) is 2.57. The number of aliphatic carboxylic acids is 1. The largest absolute Gasteiger partial charge is 0.479 e. The van der Waals surface area contributed by atoms with Crippen LogP contribution in [0.1, 0.15) is 0 Å². The predicted molar refractivity (Wildman–Crippen MR) is 70.4 cm³/mol. The molecule has 0 amide bonds. The summed E-state index contributed by atoms with van der Waals surface area (Å²) in [4.78, 5) is 21.4. The molecule has 0 spiro atoms. The van der Waals surface area contributed by atoms with Crippen molar-refractivity contribution in [2.45, 2.75) is 55.1 Å². The SMILES string of the molecule is O=C[C@H](O)[C@@H](O[C@@H]1O[C@H](CO)[C@@H](O)[C@H](O)[C@H]1O)[C@H](O)[C@H](O)C(=O)O. The van der Waals surface area contributed by atoms with Gasteiger partial charge in [-0.3, -0.25) is 0 Å². The molecular weight excluding hydrogens is 336 g/mol. The summed E-state index contributed by atoms with van der Waals surface area (Å²) in [6.07, 6.45) is -17.7. The van der Waals surface area contributed by atoms with E-state index in [0.29, 0.717) is 0 Å². The second-order valence-corrected chi connectivity index (χ2v) is 5.20. The Morgan fingerprint density at radius 2 is 1.71 bits per heavy atom. The van der Waals surface area contributed by atoms with Crippen LogP contribution in [0.15, 0.2) is 0 Å². The summed E-state index contributed by atoms with van der Waals surface area (Å²) in [5.74, 6) is -1.87. The van der Waals surface area contributed by atoms with Crippen LogP contribution in [0.5, 0.6) is 0 Å². The molecule has 1 fully saturated rings. The maximum absolute atomic E-state index is 10.7. The molecule has 12 nitrogen and oxygen atoms in total. The molecule has 0 aromatic carbocycles. The number of carboxylic acids is 1. The lowest BCUT2D eigenvalue weighted by Gasteiger charge is -2.41. The minimum atomic E-state index is -2.44. The lowest BCUT2D eigenvalue weighted by molar-refractivity contribution is -0.324. The van der Waals surface area contributed by atoms with E-state index in [1.807, 2.05) is 0 Å². The summed E-state index contributed by atoms with van der Waals surface area (Å²) in [6.45, 7) is -0.786. The van der Waals surface area contributed by atoms with E-state index in [1.165, 1.54) is 0 Å². The molecule has 8 N–H and O–H groups in total. The van der Waals surface area contributed by atoms with Crippen LogP contribution in [-0.2, 0) is 19.1 Å². The maximum Gasteiger partial charge on any atom is 0.335 e. The molecule has 0 aromatic rings. The Balaban J connectivity index is 2.96. The first kappa shape index (κ1) is 20.8. The van der Waals surface area contributed by atoms with Gasteiger partial charge < -0.3 is 55.1 Å².